The third kappa shape index (κ3) is 4.12. The van der Waals surface area contributed by atoms with Crippen molar-refractivity contribution in [2.45, 2.75) is 94.6 Å². The highest BCUT2D eigenvalue weighted by atomic mass is 32.2. The van der Waals surface area contributed by atoms with E-state index in [4.69, 9.17) is 9.47 Å². The van der Waals surface area contributed by atoms with Gasteiger partial charge < -0.3 is 9.47 Å². The average Bonchev–Trinajstić information content (AvgIpc) is 3.44. The van der Waals surface area contributed by atoms with Gasteiger partial charge >= 0.3 is 11.9 Å². The summed E-state index contributed by atoms with van der Waals surface area (Å²) < 4.78 is 10.8. The predicted molar refractivity (Wildman–Crippen MR) is 165 cm³/mol. The van der Waals surface area contributed by atoms with Crippen molar-refractivity contribution in [1.82, 2.24) is 4.90 Å². The fraction of sp³-hybridized carbons (Fsp3) is 0.636. The van der Waals surface area contributed by atoms with Crippen LogP contribution in [0.2, 0.25) is 18.1 Å². The quantitative estimate of drug-likeness (QED) is 0.139. The number of hydrogen-bond acceptors (Lipinski definition) is 7. The van der Waals surface area contributed by atoms with Gasteiger partial charge in [0.1, 0.15) is 0 Å². The van der Waals surface area contributed by atoms with E-state index in [0.29, 0.717) is 28.9 Å². The van der Waals surface area contributed by atoms with Crippen LogP contribution in [0.4, 0.5) is 0 Å². The lowest BCUT2D eigenvalue weighted by molar-refractivity contribution is -0.165. The number of benzene rings is 1. The molecule has 2 amide bonds. The third-order valence-corrected chi connectivity index (χ3v) is 19.2. The monoisotopic (exact) mass is 609 g/mol. The van der Waals surface area contributed by atoms with Crippen LogP contribution < -0.4 is 0 Å². The van der Waals surface area contributed by atoms with Crippen LogP contribution >= 0.6 is 11.8 Å². The number of nitrogens with zero attached hydrogens (tertiary/aromatic N) is 1. The van der Waals surface area contributed by atoms with E-state index in [9.17, 15) is 19.2 Å². The lowest BCUT2D eigenvalue weighted by Gasteiger charge is -2.57. The smallest absolute Gasteiger partial charge is 0.328 e. The SMILES string of the molecule is CC[Si](CC)(CC)C1=C(SC23CC4CC(CC(C4)C2)C3)C(C(=O)OC)(C(=O)OC)CC1N1C(=O)c2ccccc2C1=O. The average molecular weight is 610 g/mol. The number of carbonyl (C=O) groups excluding carboxylic acids is 4. The number of hydrogen-bond donors (Lipinski definition) is 0. The Hall–Kier alpha value is -2.39. The molecule has 1 unspecified atom stereocenters. The van der Waals surface area contributed by atoms with E-state index in [1.54, 1.807) is 36.0 Å². The predicted octanol–water partition coefficient (Wildman–Crippen LogP) is 6.39. The molecule has 1 aliphatic heterocycles. The second-order valence-corrected chi connectivity index (χ2v) is 20.1. The zero-order valence-corrected chi connectivity index (χ0v) is 27.3. The highest BCUT2D eigenvalue weighted by molar-refractivity contribution is 8.04. The maximum Gasteiger partial charge on any atom is 0.328 e. The van der Waals surface area contributed by atoms with Crippen molar-refractivity contribution in [2.24, 2.45) is 23.2 Å². The van der Waals surface area contributed by atoms with E-state index in [-0.39, 0.29) is 23.0 Å². The fourth-order valence-electron chi connectivity index (χ4n) is 9.79. The first-order valence-electron chi connectivity index (χ1n) is 15.7. The largest absolute Gasteiger partial charge is 0.468 e. The van der Waals surface area contributed by atoms with Gasteiger partial charge in [0.15, 0.2) is 5.41 Å². The van der Waals surface area contributed by atoms with Gasteiger partial charge in [-0.05, 0) is 73.6 Å². The molecule has 42 heavy (non-hydrogen) atoms. The van der Waals surface area contributed by atoms with Gasteiger partial charge in [0.05, 0.1) is 39.5 Å². The minimum Gasteiger partial charge on any atom is -0.468 e. The molecule has 1 aromatic rings. The second-order valence-electron chi connectivity index (χ2n) is 13.4. The highest BCUT2D eigenvalue weighted by Crippen LogP contribution is 2.66. The molecular weight excluding hydrogens is 567 g/mol. The van der Waals surface area contributed by atoms with E-state index in [1.165, 1.54) is 38.4 Å². The van der Waals surface area contributed by atoms with Gasteiger partial charge in [-0.25, -0.2) is 0 Å². The maximum atomic E-state index is 14.1. The van der Waals surface area contributed by atoms with Gasteiger partial charge in [-0.2, -0.15) is 0 Å². The molecule has 1 atom stereocenters. The van der Waals surface area contributed by atoms with Gasteiger partial charge in [0.2, 0.25) is 0 Å². The molecule has 7 nitrogen and oxygen atoms in total. The molecule has 1 aromatic carbocycles. The normalized spacial score (nSPS) is 31.1. The first-order chi connectivity index (χ1) is 20.1. The minimum atomic E-state index is -2.38. The zero-order chi connectivity index (χ0) is 30.0. The number of rotatable bonds is 9. The van der Waals surface area contributed by atoms with Crippen LogP contribution in [0.15, 0.2) is 34.4 Å². The Morgan fingerprint density at radius 2 is 1.29 bits per heavy atom. The Morgan fingerprint density at radius 1 is 0.833 bits per heavy atom. The molecule has 4 bridgehead atoms. The van der Waals surface area contributed by atoms with E-state index in [0.717, 1.165) is 47.5 Å². The Kier molecular flexibility index (Phi) is 7.52. The van der Waals surface area contributed by atoms with Crippen LogP contribution in [0.5, 0.6) is 0 Å². The molecule has 7 rings (SSSR count). The summed E-state index contributed by atoms with van der Waals surface area (Å²) in [5.74, 6) is 0.0315. The molecule has 0 aromatic heterocycles. The summed E-state index contributed by atoms with van der Waals surface area (Å²) in [5, 5.41) is 1.03. The summed E-state index contributed by atoms with van der Waals surface area (Å²) in [6, 6.07) is 8.88. The highest BCUT2D eigenvalue weighted by Gasteiger charge is 2.66. The van der Waals surface area contributed by atoms with Crippen molar-refractivity contribution in [3.63, 3.8) is 0 Å². The molecule has 5 aliphatic carbocycles. The molecule has 6 aliphatic rings. The molecule has 226 valence electrons. The molecule has 4 fully saturated rings. The first kappa shape index (κ1) is 29.7. The number of fused-ring (bicyclic) bond motifs is 1. The van der Waals surface area contributed by atoms with E-state index < -0.39 is 31.5 Å². The number of esters is 2. The lowest BCUT2D eigenvalue weighted by atomic mass is 9.56. The van der Waals surface area contributed by atoms with Crippen molar-refractivity contribution in [3.05, 3.63) is 45.5 Å². The summed E-state index contributed by atoms with van der Waals surface area (Å²) in [5.41, 5.74) is -0.949. The van der Waals surface area contributed by atoms with Crippen LogP contribution in [0.1, 0.15) is 86.4 Å². The number of thioether (sulfide) groups is 1. The number of imide groups is 1. The molecule has 0 spiro atoms. The van der Waals surface area contributed by atoms with E-state index >= 15 is 0 Å². The number of methoxy groups -OCH3 is 2. The first-order valence-corrected chi connectivity index (χ1v) is 19.1. The van der Waals surface area contributed by atoms with E-state index in [1.807, 2.05) is 0 Å². The van der Waals surface area contributed by atoms with Crippen LogP contribution in [0.25, 0.3) is 0 Å². The van der Waals surface area contributed by atoms with Crippen molar-refractivity contribution in [1.29, 1.82) is 0 Å². The lowest BCUT2D eigenvalue weighted by Crippen LogP contribution is -2.50. The van der Waals surface area contributed by atoms with Crippen LogP contribution in [0, 0.1) is 23.2 Å². The summed E-state index contributed by atoms with van der Waals surface area (Å²) in [4.78, 5) is 58.3. The third-order valence-electron chi connectivity index (χ3n) is 11.6. The second kappa shape index (κ2) is 10.6. The Morgan fingerprint density at radius 3 is 1.69 bits per heavy atom. The zero-order valence-electron chi connectivity index (χ0n) is 25.5. The molecular formula is C33H43NO6SSi. The summed E-state index contributed by atoms with van der Waals surface area (Å²) in [7, 11) is 0.253. The van der Waals surface area contributed by atoms with Gasteiger partial charge in [-0.15, -0.1) is 11.8 Å². The summed E-state index contributed by atoms with van der Waals surface area (Å²) in [6.07, 6.45) is 7.05. The molecule has 4 saturated carbocycles. The van der Waals surface area contributed by atoms with Gasteiger partial charge in [0.25, 0.3) is 11.8 Å². The van der Waals surface area contributed by atoms with Crippen molar-refractivity contribution < 1.29 is 28.7 Å². The minimum absolute atomic E-state index is 0.0173. The number of ether oxygens (including phenoxy) is 2. The topological polar surface area (TPSA) is 90.0 Å². The molecule has 0 saturated heterocycles. The van der Waals surface area contributed by atoms with Gasteiger partial charge in [0, 0.05) is 16.1 Å². The number of carbonyl (C=O) groups is 4. The Bertz CT molecular complexity index is 1270. The van der Waals surface area contributed by atoms with Crippen LogP contribution in [0.3, 0.4) is 0 Å². The molecule has 0 N–H and O–H groups in total. The maximum absolute atomic E-state index is 14.1. The Labute approximate surface area is 254 Å². The van der Waals surface area contributed by atoms with Crippen molar-refractivity contribution in [3.8, 4) is 0 Å². The Balaban J connectivity index is 1.60. The van der Waals surface area contributed by atoms with Gasteiger partial charge in [-0.3, -0.25) is 24.1 Å². The van der Waals surface area contributed by atoms with Crippen LogP contribution in [-0.4, -0.2) is 61.7 Å². The molecule has 1 heterocycles. The van der Waals surface area contributed by atoms with Crippen molar-refractivity contribution in [2.75, 3.05) is 14.2 Å². The molecule has 9 heteroatoms. The summed E-state index contributed by atoms with van der Waals surface area (Å²) >= 11 is 1.75. The standard InChI is InChI=1S/C33H43NO6SSi/c1-6-42(7-2,8-3)26-25(34-28(35)23-11-9-10-12-24(23)29(34)36)19-33(30(37)39-4,31(38)40-5)27(26)41-32-16-20-13-21(17-32)15-22(14-20)18-32/h9-12,20-22,25H,6-8,13-19H2,1-5H3. The fourth-order valence-corrected chi connectivity index (χ4v) is 16.9. The van der Waals surface area contributed by atoms with Gasteiger partial charge in [-0.1, -0.05) is 51.0 Å². The molecule has 0 radical (unpaired) electrons. The van der Waals surface area contributed by atoms with Crippen molar-refractivity contribution >= 4 is 43.6 Å². The summed E-state index contributed by atoms with van der Waals surface area (Å²) in [6.45, 7) is 6.57. The van der Waals surface area contributed by atoms with Crippen LogP contribution in [-0.2, 0) is 19.1 Å². The number of amides is 2. The van der Waals surface area contributed by atoms with E-state index in [2.05, 4.69) is 20.8 Å².